The smallest absolute Gasteiger partial charge is 0.361 e. The van der Waals surface area contributed by atoms with E-state index in [9.17, 15) is 19.5 Å². The van der Waals surface area contributed by atoms with Gasteiger partial charge in [-0.3, -0.25) is 9.59 Å². The van der Waals surface area contributed by atoms with E-state index in [1.54, 1.807) is 0 Å². The van der Waals surface area contributed by atoms with Crippen molar-refractivity contribution < 1.29 is 42.9 Å². The summed E-state index contributed by atoms with van der Waals surface area (Å²) in [5.74, 6) is -2.01. The van der Waals surface area contributed by atoms with Crippen molar-refractivity contribution in [3.63, 3.8) is 0 Å². The summed E-state index contributed by atoms with van der Waals surface area (Å²) in [5, 5.41) is 9.72. The Kier molecular flexibility index (Phi) is 60.3. The number of hydrogen-bond acceptors (Lipinski definition) is 7. The first-order chi connectivity index (χ1) is 40.1. The van der Waals surface area contributed by atoms with Crippen molar-refractivity contribution in [1.82, 2.24) is 0 Å². The largest absolute Gasteiger partial charge is 0.477 e. The molecule has 0 amide bonds. The molecule has 0 fully saturated rings. The van der Waals surface area contributed by atoms with Gasteiger partial charge in [0.2, 0.25) is 0 Å². The zero-order chi connectivity index (χ0) is 59.8. The molecule has 0 aliphatic heterocycles. The monoisotopic (exact) mass is 1150 g/mol. The number of nitrogens with zero attached hydrogens (tertiary/aromatic N) is 1. The minimum absolute atomic E-state index is 0.185. The van der Waals surface area contributed by atoms with E-state index in [1.165, 1.54) is 161 Å². The molecule has 0 aromatic carbocycles. The molecule has 472 valence electrons. The number of esters is 2. The average molecular weight is 1150 g/mol. The maximum Gasteiger partial charge on any atom is 0.361 e. The van der Waals surface area contributed by atoms with Crippen LogP contribution in [0.25, 0.3) is 0 Å². The van der Waals surface area contributed by atoms with Gasteiger partial charge in [-0.25, -0.2) is 4.79 Å². The second-order valence-corrected chi connectivity index (χ2v) is 23.7. The standard InChI is InChI=1S/C73H127NO8/c1-6-8-10-12-14-16-18-20-22-24-25-26-27-28-29-30-31-32-33-34-35-36-37-38-39-40-41-42-43-44-45-46-47-48-50-52-54-56-58-60-62-64-71(76)82-69(68-81-73(72(77)78)79-66-65-74(3,4)5)67-80-70(75)63-61-59-57-55-53-51-49-23-21-19-17-15-13-11-9-7-2/h8,10,14,16,20,22-23,25-26,28-29,31-32,34-35,49,69,73H,6-7,9,11-13,15,17-19,21,24,27,30,33,36-48,50-68H2,1-5H3/p+1/b10-8-,16-14-,22-20-,26-25-,29-28-,32-31-,35-34-,49-23-. The minimum Gasteiger partial charge on any atom is -0.477 e. The molecule has 9 nitrogen and oxygen atoms in total. The van der Waals surface area contributed by atoms with Gasteiger partial charge in [0, 0.05) is 12.8 Å². The van der Waals surface area contributed by atoms with Crippen molar-refractivity contribution in [2.45, 2.75) is 302 Å². The van der Waals surface area contributed by atoms with Crippen LogP contribution >= 0.6 is 0 Å². The Hall–Kier alpha value is -3.79. The molecule has 9 heteroatoms. The van der Waals surface area contributed by atoms with E-state index >= 15 is 0 Å². The molecular formula is C73H128NO8+. The number of carboxylic acids is 1. The van der Waals surface area contributed by atoms with E-state index in [1.807, 2.05) is 21.1 Å². The molecule has 0 rings (SSSR count). The van der Waals surface area contributed by atoms with Gasteiger partial charge >= 0.3 is 17.9 Å². The van der Waals surface area contributed by atoms with Crippen molar-refractivity contribution in [2.75, 3.05) is 47.5 Å². The molecule has 0 aliphatic carbocycles. The zero-order valence-corrected chi connectivity index (χ0v) is 53.9. The summed E-state index contributed by atoms with van der Waals surface area (Å²) < 4.78 is 22.9. The van der Waals surface area contributed by atoms with Gasteiger partial charge in [-0.15, -0.1) is 0 Å². The maximum atomic E-state index is 12.9. The van der Waals surface area contributed by atoms with Crippen molar-refractivity contribution >= 4 is 17.9 Å². The summed E-state index contributed by atoms with van der Waals surface area (Å²) in [7, 11) is 5.97. The van der Waals surface area contributed by atoms with Gasteiger partial charge in [0.25, 0.3) is 6.29 Å². The fourth-order valence-corrected chi connectivity index (χ4v) is 9.40. The van der Waals surface area contributed by atoms with Gasteiger partial charge in [-0.2, -0.15) is 0 Å². The number of allylic oxidation sites excluding steroid dienone is 16. The van der Waals surface area contributed by atoms with E-state index in [0.29, 0.717) is 17.4 Å². The second kappa shape index (κ2) is 63.2. The number of carbonyl (C=O) groups is 3. The summed E-state index contributed by atoms with van der Waals surface area (Å²) in [6.07, 6.45) is 83.8. The van der Waals surface area contributed by atoms with E-state index in [2.05, 4.69) is 111 Å². The molecule has 0 saturated carbocycles. The second-order valence-electron chi connectivity index (χ2n) is 23.7. The Labute approximate surface area is 505 Å². The number of hydrogen-bond donors (Lipinski definition) is 1. The van der Waals surface area contributed by atoms with Crippen LogP contribution in [0.1, 0.15) is 290 Å². The maximum absolute atomic E-state index is 12.9. The molecule has 82 heavy (non-hydrogen) atoms. The van der Waals surface area contributed by atoms with Crippen LogP contribution in [0.4, 0.5) is 0 Å². The molecule has 0 spiro atoms. The fraction of sp³-hybridized carbons (Fsp3) is 0.740. The van der Waals surface area contributed by atoms with Gasteiger partial charge in [0.1, 0.15) is 13.2 Å². The highest BCUT2D eigenvalue weighted by molar-refractivity contribution is 5.71. The molecule has 1 N–H and O–H groups in total. The number of quaternary nitrogens is 1. The van der Waals surface area contributed by atoms with E-state index in [4.69, 9.17) is 18.9 Å². The van der Waals surface area contributed by atoms with E-state index in [0.717, 1.165) is 103 Å². The van der Waals surface area contributed by atoms with Crippen LogP contribution in [0, 0.1) is 0 Å². The van der Waals surface area contributed by atoms with Crippen molar-refractivity contribution in [2.24, 2.45) is 0 Å². The van der Waals surface area contributed by atoms with Gasteiger partial charge in [0.15, 0.2) is 6.10 Å². The highest BCUT2D eigenvalue weighted by atomic mass is 16.7. The summed E-state index contributed by atoms with van der Waals surface area (Å²) >= 11 is 0. The number of aliphatic carboxylic acids is 1. The van der Waals surface area contributed by atoms with Crippen LogP contribution in [0.3, 0.4) is 0 Å². The molecule has 2 atom stereocenters. The lowest BCUT2D eigenvalue weighted by molar-refractivity contribution is -0.870. The van der Waals surface area contributed by atoms with Crippen LogP contribution in [0.5, 0.6) is 0 Å². The summed E-state index contributed by atoms with van der Waals surface area (Å²) in [4.78, 5) is 37.5. The summed E-state index contributed by atoms with van der Waals surface area (Å²) in [5.41, 5.74) is 0. The van der Waals surface area contributed by atoms with E-state index in [-0.39, 0.29) is 32.2 Å². The predicted molar refractivity (Wildman–Crippen MR) is 350 cm³/mol. The lowest BCUT2D eigenvalue weighted by Gasteiger charge is -2.25. The molecule has 0 aromatic heterocycles. The minimum atomic E-state index is -1.51. The first kappa shape index (κ1) is 78.2. The number of likely N-dealkylation sites (N-methyl/N-ethyl adjacent to an activating group) is 1. The third-order valence-corrected chi connectivity index (χ3v) is 14.6. The number of ether oxygens (including phenoxy) is 4. The quantitative estimate of drug-likeness (QED) is 0.0211. The predicted octanol–water partition coefficient (Wildman–Crippen LogP) is 20.9. The number of carboxylic acid groups (broad SMARTS) is 1. The summed E-state index contributed by atoms with van der Waals surface area (Å²) in [6.45, 7) is 4.77. The van der Waals surface area contributed by atoms with Crippen LogP contribution in [0.2, 0.25) is 0 Å². The first-order valence-corrected chi connectivity index (χ1v) is 33.9. The Morgan fingerprint density at radius 3 is 1.05 bits per heavy atom. The van der Waals surface area contributed by atoms with Crippen LogP contribution in [0.15, 0.2) is 97.2 Å². The number of carbonyl (C=O) groups excluding carboxylic acids is 2. The van der Waals surface area contributed by atoms with Crippen LogP contribution < -0.4 is 0 Å². The van der Waals surface area contributed by atoms with Crippen LogP contribution in [-0.4, -0.2) is 87.4 Å². The lowest BCUT2D eigenvalue weighted by atomic mass is 10.0. The fourth-order valence-electron chi connectivity index (χ4n) is 9.40. The summed E-state index contributed by atoms with van der Waals surface area (Å²) in [6, 6.07) is 0. The lowest BCUT2D eigenvalue weighted by Crippen LogP contribution is -2.40. The normalized spacial score (nSPS) is 13.3. The SMILES string of the molecule is CC/C=C\C/C=C\C/C=C\C/C=C\C/C=C\C/C=C\C/C=C\CCCCCCCCCCCCCCCCCCCCCC(=O)OC(COC(=O)CCCCCCC/C=C\CCCCCCCCC)COC(OCC[N+](C)(C)C)C(=O)O. The molecular weight excluding hydrogens is 1020 g/mol. The van der Waals surface area contributed by atoms with Crippen molar-refractivity contribution in [3.8, 4) is 0 Å². The highest BCUT2D eigenvalue weighted by Crippen LogP contribution is 2.17. The molecule has 0 radical (unpaired) electrons. The molecule has 2 unspecified atom stereocenters. The van der Waals surface area contributed by atoms with Gasteiger partial charge in [0.05, 0.1) is 34.4 Å². The first-order valence-electron chi connectivity index (χ1n) is 33.9. The van der Waals surface area contributed by atoms with Gasteiger partial charge in [-0.1, -0.05) is 278 Å². The molecule has 0 saturated heterocycles. The number of unbranched alkanes of at least 4 members (excludes halogenated alkanes) is 31. The van der Waals surface area contributed by atoms with Crippen molar-refractivity contribution in [3.05, 3.63) is 97.2 Å². The van der Waals surface area contributed by atoms with Gasteiger partial charge in [-0.05, 0) is 96.3 Å². The van der Waals surface area contributed by atoms with Crippen molar-refractivity contribution in [1.29, 1.82) is 0 Å². The van der Waals surface area contributed by atoms with Crippen LogP contribution in [-0.2, 0) is 33.3 Å². The molecule has 0 heterocycles. The third kappa shape index (κ3) is 63.8. The molecule has 0 bridgehead atoms. The highest BCUT2D eigenvalue weighted by Gasteiger charge is 2.25. The molecule has 0 aromatic rings. The zero-order valence-electron chi connectivity index (χ0n) is 53.9. The number of rotatable bonds is 62. The van der Waals surface area contributed by atoms with E-state index < -0.39 is 24.3 Å². The Bertz CT molecular complexity index is 1670. The Balaban J connectivity index is 4.01. The third-order valence-electron chi connectivity index (χ3n) is 14.6. The van der Waals surface area contributed by atoms with Gasteiger partial charge < -0.3 is 28.5 Å². The average Bonchev–Trinajstić information content (AvgIpc) is 3.45. The topological polar surface area (TPSA) is 108 Å². The molecule has 0 aliphatic rings. The Morgan fingerprint density at radius 2 is 0.695 bits per heavy atom. The Morgan fingerprint density at radius 1 is 0.378 bits per heavy atom.